The van der Waals surface area contributed by atoms with Crippen LogP contribution in [0.3, 0.4) is 0 Å². The highest BCUT2D eigenvalue weighted by molar-refractivity contribution is 4.69. The summed E-state index contributed by atoms with van der Waals surface area (Å²) in [6.45, 7) is 12.2. The zero-order valence-electron chi connectivity index (χ0n) is 19.8. The molecule has 4 rings (SSSR count). The smallest absolute Gasteiger partial charge is 0.0815 e. The van der Waals surface area contributed by atoms with Gasteiger partial charge in [0.25, 0.3) is 0 Å². The first-order chi connectivity index (χ1) is 13.8. The largest absolute Gasteiger partial charge is 1.00 e. The van der Waals surface area contributed by atoms with Gasteiger partial charge in [-0.15, -0.1) is 0 Å². The summed E-state index contributed by atoms with van der Waals surface area (Å²) in [5.74, 6) is 2.13. The number of unbranched alkanes of at least 4 members (excludes halogenated alkanes) is 1. The number of hydrogen-bond donors (Lipinski definition) is 0. The molecule has 0 radical (unpaired) electrons. The van der Waals surface area contributed by atoms with E-state index in [-0.39, 0.29) is 48.0 Å². The van der Waals surface area contributed by atoms with E-state index in [1.165, 1.54) is 125 Å². The van der Waals surface area contributed by atoms with Gasteiger partial charge >= 0.3 is 0 Å². The topological polar surface area (TPSA) is 0 Å². The molecular weight excluding hydrogens is 594 g/mol. The van der Waals surface area contributed by atoms with Gasteiger partial charge in [0.2, 0.25) is 0 Å². The van der Waals surface area contributed by atoms with Crippen molar-refractivity contribution in [2.45, 2.75) is 103 Å². The molecular formula is C26H50I2N2. The van der Waals surface area contributed by atoms with Crippen LogP contribution in [0.2, 0.25) is 0 Å². The van der Waals surface area contributed by atoms with Crippen molar-refractivity contribution < 1.29 is 56.9 Å². The number of likely N-dealkylation sites (tertiary alicyclic amines) is 2. The zero-order chi connectivity index (χ0) is 19.1. The van der Waals surface area contributed by atoms with Crippen molar-refractivity contribution in [1.82, 2.24) is 0 Å². The van der Waals surface area contributed by atoms with Crippen LogP contribution in [0.5, 0.6) is 0 Å². The van der Waals surface area contributed by atoms with Crippen LogP contribution >= 0.6 is 0 Å². The Balaban J connectivity index is 0.00000160. The van der Waals surface area contributed by atoms with Crippen LogP contribution in [0.1, 0.15) is 103 Å². The lowest BCUT2D eigenvalue weighted by atomic mass is 9.88. The molecule has 0 aromatic rings. The summed E-state index contributed by atoms with van der Waals surface area (Å²) in [7, 11) is 0. The SMILES string of the molecule is C1CCC(C[N+]2(CCCC[N+]3(CC4CCCCC4)CCCC3)CCCC2)CC1.[I-].[I-]. The second-order valence-electron chi connectivity index (χ2n) is 11.5. The second-order valence-corrected chi connectivity index (χ2v) is 11.5. The van der Waals surface area contributed by atoms with Gasteiger partial charge in [-0.2, -0.15) is 0 Å². The molecule has 2 heterocycles. The Morgan fingerprint density at radius 1 is 0.433 bits per heavy atom. The Hall–Kier alpha value is 1.38. The minimum atomic E-state index is 0. The average Bonchev–Trinajstić information content (AvgIpc) is 3.38. The van der Waals surface area contributed by atoms with Gasteiger partial charge < -0.3 is 56.9 Å². The van der Waals surface area contributed by atoms with E-state index in [4.69, 9.17) is 0 Å². The Labute approximate surface area is 222 Å². The predicted molar refractivity (Wildman–Crippen MR) is 120 cm³/mol. The van der Waals surface area contributed by atoms with Crippen molar-refractivity contribution >= 4 is 0 Å². The molecule has 0 aromatic heterocycles. The Kier molecular flexibility index (Phi) is 12.8. The Bertz CT molecular complexity index is 404. The molecule has 0 spiro atoms. The van der Waals surface area contributed by atoms with Crippen molar-refractivity contribution in [2.24, 2.45) is 11.8 Å². The van der Waals surface area contributed by atoms with Gasteiger partial charge in [0, 0.05) is 50.4 Å². The standard InChI is InChI=1S/C26H50N2.2HI/c1-3-13-25(14-4-1)23-27(17-7-8-18-27)21-11-12-22-28(19-9-10-20-28)24-26-15-5-2-6-16-26;;/h25-26H,1-24H2;2*1H/q+2;;/p-2. The van der Waals surface area contributed by atoms with Crippen LogP contribution in [-0.4, -0.2) is 61.3 Å². The second kappa shape index (κ2) is 13.9. The van der Waals surface area contributed by atoms with Crippen molar-refractivity contribution in [3.05, 3.63) is 0 Å². The van der Waals surface area contributed by atoms with Gasteiger partial charge in [-0.3, -0.25) is 0 Å². The molecule has 2 saturated heterocycles. The predicted octanol–water partition coefficient (Wildman–Crippen LogP) is 0.156. The fourth-order valence-corrected chi connectivity index (χ4v) is 7.74. The molecule has 4 fully saturated rings. The summed E-state index contributed by atoms with van der Waals surface area (Å²) in [5, 5.41) is 0. The van der Waals surface area contributed by atoms with E-state index in [2.05, 4.69) is 0 Å². The normalized spacial score (nSPS) is 26.8. The molecule has 0 N–H and O–H groups in total. The van der Waals surface area contributed by atoms with Gasteiger partial charge in [-0.05, 0) is 25.7 Å². The molecule has 2 saturated carbocycles. The number of quaternary nitrogens is 2. The first-order valence-electron chi connectivity index (χ1n) is 13.5. The highest BCUT2D eigenvalue weighted by Crippen LogP contribution is 2.32. The molecule has 0 atom stereocenters. The summed E-state index contributed by atoms with van der Waals surface area (Å²) in [5.41, 5.74) is 0. The fourth-order valence-electron chi connectivity index (χ4n) is 7.74. The van der Waals surface area contributed by atoms with Gasteiger partial charge in [-0.1, -0.05) is 38.5 Å². The highest BCUT2D eigenvalue weighted by Gasteiger charge is 2.37. The quantitative estimate of drug-likeness (QED) is 0.191. The lowest BCUT2D eigenvalue weighted by molar-refractivity contribution is -0.926. The van der Waals surface area contributed by atoms with Crippen LogP contribution in [0, 0.1) is 11.8 Å². The van der Waals surface area contributed by atoms with Gasteiger partial charge in [-0.25, -0.2) is 0 Å². The number of hydrogen-bond acceptors (Lipinski definition) is 0. The summed E-state index contributed by atoms with van der Waals surface area (Å²) in [6.07, 6.45) is 24.3. The third-order valence-corrected chi connectivity index (χ3v) is 9.29. The lowest BCUT2D eigenvalue weighted by Gasteiger charge is -2.40. The first-order valence-corrected chi connectivity index (χ1v) is 13.5. The van der Waals surface area contributed by atoms with Gasteiger partial charge in [0.1, 0.15) is 0 Å². The molecule has 2 nitrogen and oxygen atoms in total. The third-order valence-electron chi connectivity index (χ3n) is 9.29. The maximum atomic E-state index is 1.54. The molecule has 2 aliphatic carbocycles. The highest BCUT2D eigenvalue weighted by atomic mass is 127. The maximum Gasteiger partial charge on any atom is 0.0815 e. The Morgan fingerprint density at radius 2 is 0.767 bits per heavy atom. The van der Waals surface area contributed by atoms with E-state index in [9.17, 15) is 0 Å². The number of halogens is 2. The molecule has 2 aliphatic heterocycles. The molecule has 30 heavy (non-hydrogen) atoms. The third kappa shape index (κ3) is 8.00. The summed E-state index contributed by atoms with van der Waals surface area (Å²) in [6, 6.07) is 0. The minimum absolute atomic E-state index is 0. The molecule has 0 bridgehead atoms. The number of nitrogens with zero attached hydrogens (tertiary/aromatic N) is 2. The summed E-state index contributed by atoms with van der Waals surface area (Å²) >= 11 is 0. The molecule has 0 amide bonds. The maximum absolute atomic E-state index is 1.54. The van der Waals surface area contributed by atoms with Crippen LogP contribution in [0.4, 0.5) is 0 Å². The van der Waals surface area contributed by atoms with Gasteiger partial charge in [0.15, 0.2) is 0 Å². The van der Waals surface area contributed by atoms with Crippen molar-refractivity contribution in [3.63, 3.8) is 0 Å². The van der Waals surface area contributed by atoms with Crippen LogP contribution < -0.4 is 48.0 Å². The molecule has 0 unspecified atom stereocenters. The lowest BCUT2D eigenvalue weighted by Crippen LogP contribution is -3.00. The molecule has 0 aromatic carbocycles. The van der Waals surface area contributed by atoms with E-state index in [0.29, 0.717) is 0 Å². The first kappa shape index (κ1) is 27.6. The van der Waals surface area contributed by atoms with Crippen LogP contribution in [0.25, 0.3) is 0 Å². The summed E-state index contributed by atoms with van der Waals surface area (Å²) in [4.78, 5) is 0. The van der Waals surface area contributed by atoms with E-state index in [1.54, 1.807) is 38.8 Å². The fraction of sp³-hybridized carbons (Fsp3) is 1.00. The van der Waals surface area contributed by atoms with E-state index in [0.717, 1.165) is 11.8 Å². The Morgan fingerprint density at radius 3 is 1.10 bits per heavy atom. The van der Waals surface area contributed by atoms with Gasteiger partial charge in [0.05, 0.1) is 52.4 Å². The monoisotopic (exact) mass is 644 g/mol. The van der Waals surface area contributed by atoms with E-state index >= 15 is 0 Å². The minimum Gasteiger partial charge on any atom is -1.00 e. The summed E-state index contributed by atoms with van der Waals surface area (Å²) < 4.78 is 3.04. The number of rotatable bonds is 9. The molecule has 4 heteroatoms. The van der Waals surface area contributed by atoms with Crippen molar-refractivity contribution in [2.75, 3.05) is 52.4 Å². The zero-order valence-corrected chi connectivity index (χ0v) is 24.1. The van der Waals surface area contributed by atoms with Crippen molar-refractivity contribution in [1.29, 1.82) is 0 Å². The van der Waals surface area contributed by atoms with Crippen LogP contribution in [-0.2, 0) is 0 Å². The van der Waals surface area contributed by atoms with Crippen LogP contribution in [0.15, 0.2) is 0 Å². The van der Waals surface area contributed by atoms with E-state index < -0.39 is 0 Å². The molecule has 4 aliphatic rings. The average molecular weight is 645 g/mol. The van der Waals surface area contributed by atoms with E-state index in [1.807, 2.05) is 0 Å². The van der Waals surface area contributed by atoms with Crippen molar-refractivity contribution in [3.8, 4) is 0 Å². The molecule has 178 valence electrons.